The normalized spacial score (nSPS) is 11.2. The first kappa shape index (κ1) is 14.8. The van der Waals surface area contributed by atoms with E-state index in [4.69, 9.17) is 0 Å². The van der Waals surface area contributed by atoms with Crippen molar-refractivity contribution in [1.82, 2.24) is 4.98 Å². The summed E-state index contributed by atoms with van der Waals surface area (Å²) in [6, 6.07) is 1.34. The van der Waals surface area contributed by atoms with E-state index < -0.39 is 14.8 Å². The SMILES string of the molecule is CS(=O)(=O)CCCNc1ncc([N+](=O)[O-])cc1Br. The van der Waals surface area contributed by atoms with Crippen LogP contribution in [-0.2, 0) is 9.84 Å². The Morgan fingerprint density at radius 3 is 2.72 bits per heavy atom. The molecule has 0 saturated carbocycles. The summed E-state index contributed by atoms with van der Waals surface area (Å²) < 4.78 is 22.3. The van der Waals surface area contributed by atoms with E-state index in [-0.39, 0.29) is 11.4 Å². The molecule has 0 unspecified atom stereocenters. The zero-order chi connectivity index (χ0) is 13.8. The smallest absolute Gasteiger partial charge is 0.288 e. The standard InChI is InChI=1S/C9H12BrN3O4S/c1-18(16,17)4-2-3-11-9-8(10)5-7(6-12-9)13(14)15/h5-6H,2-4H2,1H3,(H,11,12). The van der Waals surface area contributed by atoms with Gasteiger partial charge in [0.25, 0.3) is 5.69 Å². The minimum atomic E-state index is -2.97. The van der Waals surface area contributed by atoms with Crippen molar-refractivity contribution in [2.75, 3.05) is 23.9 Å². The molecule has 0 amide bonds. The first-order chi connectivity index (χ1) is 8.29. The molecule has 0 bridgehead atoms. The molecule has 1 heterocycles. The number of nitro groups is 1. The highest BCUT2D eigenvalue weighted by atomic mass is 79.9. The van der Waals surface area contributed by atoms with E-state index in [0.29, 0.717) is 23.3 Å². The van der Waals surface area contributed by atoms with E-state index in [9.17, 15) is 18.5 Å². The van der Waals surface area contributed by atoms with Gasteiger partial charge in [0, 0.05) is 18.9 Å². The number of nitrogens with one attached hydrogen (secondary N) is 1. The number of pyridine rings is 1. The molecular formula is C9H12BrN3O4S. The van der Waals surface area contributed by atoms with Crippen LogP contribution in [-0.4, -0.2) is 36.9 Å². The Morgan fingerprint density at radius 2 is 2.22 bits per heavy atom. The van der Waals surface area contributed by atoms with Gasteiger partial charge in [0.2, 0.25) is 0 Å². The third-order valence-corrected chi connectivity index (χ3v) is 3.66. The fraction of sp³-hybridized carbons (Fsp3) is 0.444. The molecule has 1 aromatic rings. The molecule has 18 heavy (non-hydrogen) atoms. The summed E-state index contributed by atoms with van der Waals surface area (Å²) in [5.74, 6) is 0.541. The minimum Gasteiger partial charge on any atom is -0.369 e. The number of halogens is 1. The Balaban J connectivity index is 2.56. The molecule has 1 aromatic heterocycles. The molecule has 0 aliphatic carbocycles. The van der Waals surface area contributed by atoms with Crippen molar-refractivity contribution in [3.63, 3.8) is 0 Å². The Morgan fingerprint density at radius 1 is 1.56 bits per heavy atom. The van der Waals surface area contributed by atoms with Gasteiger partial charge in [0.05, 0.1) is 15.1 Å². The second kappa shape index (κ2) is 6.10. The molecule has 0 atom stereocenters. The summed E-state index contributed by atoms with van der Waals surface area (Å²) in [5, 5.41) is 13.4. The number of hydrogen-bond acceptors (Lipinski definition) is 6. The number of hydrogen-bond donors (Lipinski definition) is 1. The van der Waals surface area contributed by atoms with Crippen molar-refractivity contribution in [1.29, 1.82) is 0 Å². The molecule has 9 heteroatoms. The summed E-state index contributed by atoms with van der Waals surface area (Å²) >= 11 is 3.16. The number of nitrogens with zero attached hydrogens (tertiary/aromatic N) is 2. The fourth-order valence-corrected chi connectivity index (χ4v) is 2.34. The van der Waals surface area contributed by atoms with Gasteiger partial charge in [-0.1, -0.05) is 0 Å². The molecule has 0 fully saturated rings. The lowest BCUT2D eigenvalue weighted by Crippen LogP contribution is -2.10. The topological polar surface area (TPSA) is 102 Å². The van der Waals surface area contributed by atoms with Crippen molar-refractivity contribution in [2.45, 2.75) is 6.42 Å². The average molecular weight is 338 g/mol. The first-order valence-corrected chi connectivity index (χ1v) is 7.86. The van der Waals surface area contributed by atoms with Crippen molar-refractivity contribution in [3.8, 4) is 0 Å². The summed E-state index contributed by atoms with van der Waals surface area (Å²) in [7, 11) is -2.97. The van der Waals surface area contributed by atoms with Crippen molar-refractivity contribution >= 4 is 37.3 Å². The predicted molar refractivity (Wildman–Crippen MR) is 71.4 cm³/mol. The van der Waals surface area contributed by atoms with Crippen LogP contribution < -0.4 is 5.32 Å². The summed E-state index contributed by atoms with van der Waals surface area (Å²) in [5.41, 5.74) is -0.108. The Kier molecular flexibility index (Phi) is 5.03. The van der Waals surface area contributed by atoms with Crippen LogP contribution in [0.5, 0.6) is 0 Å². The van der Waals surface area contributed by atoms with Crippen LogP contribution in [0.15, 0.2) is 16.7 Å². The Labute approximate surface area is 113 Å². The highest BCUT2D eigenvalue weighted by Gasteiger charge is 2.10. The molecule has 0 radical (unpaired) electrons. The van der Waals surface area contributed by atoms with Gasteiger partial charge < -0.3 is 5.32 Å². The van der Waals surface area contributed by atoms with Gasteiger partial charge >= 0.3 is 0 Å². The molecule has 0 saturated heterocycles. The maximum Gasteiger partial charge on any atom is 0.288 e. The van der Waals surface area contributed by atoms with Crippen molar-refractivity contribution in [2.24, 2.45) is 0 Å². The predicted octanol–water partition coefficient (Wildman–Crippen LogP) is 1.60. The minimum absolute atomic E-state index is 0.0879. The van der Waals surface area contributed by atoms with Crippen LogP contribution >= 0.6 is 15.9 Å². The Hall–Kier alpha value is -1.22. The molecule has 0 aliphatic heterocycles. The van der Waals surface area contributed by atoms with Crippen molar-refractivity contribution in [3.05, 3.63) is 26.9 Å². The van der Waals surface area contributed by atoms with Crippen LogP contribution in [0.4, 0.5) is 11.5 Å². The van der Waals surface area contributed by atoms with Gasteiger partial charge in [-0.15, -0.1) is 0 Å². The molecule has 100 valence electrons. The van der Waals surface area contributed by atoms with Gasteiger partial charge in [0.1, 0.15) is 21.9 Å². The van der Waals surface area contributed by atoms with Gasteiger partial charge in [0.15, 0.2) is 0 Å². The molecule has 1 rings (SSSR count). The quantitative estimate of drug-likeness (QED) is 0.480. The zero-order valence-electron chi connectivity index (χ0n) is 9.59. The fourth-order valence-electron chi connectivity index (χ4n) is 1.20. The van der Waals surface area contributed by atoms with Crippen LogP contribution in [0.2, 0.25) is 0 Å². The van der Waals surface area contributed by atoms with Crippen LogP contribution in [0, 0.1) is 10.1 Å². The van der Waals surface area contributed by atoms with Gasteiger partial charge in [-0.2, -0.15) is 0 Å². The maximum atomic E-state index is 10.9. The molecule has 0 aliphatic rings. The number of sulfone groups is 1. The number of rotatable bonds is 6. The molecule has 0 spiro atoms. The summed E-state index contributed by atoms with van der Waals surface area (Å²) in [6.45, 7) is 0.427. The number of aromatic nitrogens is 1. The van der Waals surface area contributed by atoms with Gasteiger partial charge in [-0.25, -0.2) is 13.4 Å². The third-order valence-electron chi connectivity index (χ3n) is 2.02. The van der Waals surface area contributed by atoms with E-state index in [0.717, 1.165) is 6.20 Å². The Bertz CT molecular complexity index is 547. The van der Waals surface area contributed by atoms with Crippen LogP contribution in [0.1, 0.15) is 6.42 Å². The second-order valence-electron chi connectivity index (χ2n) is 3.69. The highest BCUT2D eigenvalue weighted by Crippen LogP contribution is 2.24. The number of anilines is 1. The van der Waals surface area contributed by atoms with Crippen LogP contribution in [0.3, 0.4) is 0 Å². The first-order valence-electron chi connectivity index (χ1n) is 5.01. The lowest BCUT2D eigenvalue weighted by Gasteiger charge is -2.06. The summed E-state index contributed by atoms with van der Waals surface area (Å²) in [4.78, 5) is 13.8. The molecule has 0 aromatic carbocycles. The van der Waals surface area contributed by atoms with Gasteiger partial charge in [-0.3, -0.25) is 10.1 Å². The molecular weight excluding hydrogens is 326 g/mol. The monoisotopic (exact) mass is 337 g/mol. The third kappa shape index (κ3) is 4.96. The lowest BCUT2D eigenvalue weighted by atomic mass is 10.4. The largest absolute Gasteiger partial charge is 0.369 e. The maximum absolute atomic E-state index is 10.9. The lowest BCUT2D eigenvalue weighted by molar-refractivity contribution is -0.385. The highest BCUT2D eigenvalue weighted by molar-refractivity contribution is 9.10. The average Bonchev–Trinajstić information content (AvgIpc) is 2.24. The van der Waals surface area contributed by atoms with E-state index >= 15 is 0 Å². The zero-order valence-corrected chi connectivity index (χ0v) is 12.0. The summed E-state index contributed by atoms with van der Waals surface area (Å²) in [6.07, 6.45) is 2.76. The second-order valence-corrected chi connectivity index (χ2v) is 6.81. The van der Waals surface area contributed by atoms with E-state index in [1.165, 1.54) is 12.3 Å². The van der Waals surface area contributed by atoms with Gasteiger partial charge in [-0.05, 0) is 22.4 Å². The van der Waals surface area contributed by atoms with E-state index in [1.807, 2.05) is 0 Å². The molecule has 7 nitrogen and oxygen atoms in total. The van der Waals surface area contributed by atoms with Crippen LogP contribution in [0.25, 0.3) is 0 Å². The molecule has 1 N–H and O–H groups in total. The van der Waals surface area contributed by atoms with Crippen molar-refractivity contribution < 1.29 is 13.3 Å². The van der Waals surface area contributed by atoms with E-state index in [1.54, 1.807) is 0 Å². The van der Waals surface area contributed by atoms with E-state index in [2.05, 4.69) is 26.2 Å².